The summed E-state index contributed by atoms with van der Waals surface area (Å²) in [5.74, 6) is -0.218. The molecule has 0 spiro atoms. The van der Waals surface area contributed by atoms with Crippen LogP contribution in [0.3, 0.4) is 0 Å². The van der Waals surface area contributed by atoms with Crippen LogP contribution in [0.1, 0.15) is 17.5 Å². The number of thiocarbonyl (C=S) groups is 1. The summed E-state index contributed by atoms with van der Waals surface area (Å²) >= 11 is 5.20. The highest BCUT2D eigenvalue weighted by atomic mass is 32.1. The maximum Gasteiger partial charge on any atom is 0.230 e. The molecule has 3 aromatic rings. The molecule has 0 aliphatic heterocycles. The average molecular weight is 418 g/mol. The Hall–Kier alpha value is -3.51. The normalized spacial score (nSPS) is 10.1. The molecule has 0 aromatic heterocycles. The molecule has 0 heterocycles. The lowest BCUT2D eigenvalue weighted by atomic mass is 10.1. The number of nitrogens with one attached hydrogen (secondary N) is 3. The van der Waals surface area contributed by atoms with Crippen molar-refractivity contribution in [2.75, 3.05) is 10.6 Å². The first-order valence-electron chi connectivity index (χ1n) is 9.67. The molecule has 0 fully saturated rings. The van der Waals surface area contributed by atoms with Gasteiger partial charge in [-0.1, -0.05) is 60.7 Å². The number of anilines is 2. The number of amides is 2. The van der Waals surface area contributed by atoms with Crippen molar-refractivity contribution in [3.8, 4) is 0 Å². The molecule has 30 heavy (non-hydrogen) atoms. The lowest BCUT2D eigenvalue weighted by Crippen LogP contribution is -2.35. The zero-order valence-corrected chi connectivity index (χ0v) is 17.2. The van der Waals surface area contributed by atoms with Crippen LogP contribution in [0, 0.1) is 0 Å². The standard InChI is InChI=1S/C24H23N3O2S/c28-22(16-11-18-7-3-1-4-8-18)25-20-12-14-21(15-13-20)26-24(30)27-23(29)17-19-9-5-2-6-10-19/h1-10,12-15H,11,16-17H2,(H,25,28)(H2,26,27,29,30). The second-order valence-electron chi connectivity index (χ2n) is 6.78. The minimum Gasteiger partial charge on any atom is -0.332 e. The fraction of sp³-hybridized carbons (Fsp3) is 0.125. The van der Waals surface area contributed by atoms with Crippen molar-refractivity contribution in [1.29, 1.82) is 0 Å². The van der Waals surface area contributed by atoms with Gasteiger partial charge in [-0.05, 0) is 54.0 Å². The Morgan fingerprint density at radius 2 is 1.20 bits per heavy atom. The molecule has 3 aromatic carbocycles. The Balaban J connectivity index is 1.42. The van der Waals surface area contributed by atoms with E-state index in [0.717, 1.165) is 16.8 Å². The zero-order chi connectivity index (χ0) is 21.2. The number of benzene rings is 3. The van der Waals surface area contributed by atoms with Crippen molar-refractivity contribution in [1.82, 2.24) is 5.32 Å². The lowest BCUT2D eigenvalue weighted by molar-refractivity contribution is -0.119. The fourth-order valence-electron chi connectivity index (χ4n) is 2.88. The Morgan fingerprint density at radius 1 is 0.667 bits per heavy atom. The minimum absolute atomic E-state index is 0.0386. The van der Waals surface area contributed by atoms with E-state index >= 15 is 0 Å². The third kappa shape index (κ3) is 7.14. The molecule has 0 saturated carbocycles. The topological polar surface area (TPSA) is 70.2 Å². The van der Waals surface area contributed by atoms with Crippen molar-refractivity contribution >= 4 is 40.5 Å². The molecule has 0 unspecified atom stereocenters. The number of hydrogen-bond donors (Lipinski definition) is 3. The fourth-order valence-corrected chi connectivity index (χ4v) is 3.11. The quantitative estimate of drug-likeness (QED) is 0.501. The van der Waals surface area contributed by atoms with E-state index in [-0.39, 0.29) is 23.3 Å². The van der Waals surface area contributed by atoms with E-state index in [2.05, 4.69) is 16.0 Å². The monoisotopic (exact) mass is 417 g/mol. The first-order valence-corrected chi connectivity index (χ1v) is 10.1. The number of aryl methyl sites for hydroxylation is 1. The maximum absolute atomic E-state index is 12.1. The second kappa shape index (κ2) is 10.9. The third-order valence-corrected chi connectivity index (χ3v) is 4.57. The molecular weight excluding hydrogens is 394 g/mol. The van der Waals surface area contributed by atoms with E-state index in [9.17, 15) is 9.59 Å². The van der Waals surface area contributed by atoms with Crippen molar-refractivity contribution in [3.63, 3.8) is 0 Å². The smallest absolute Gasteiger partial charge is 0.230 e. The van der Waals surface area contributed by atoms with Crippen LogP contribution in [-0.4, -0.2) is 16.9 Å². The van der Waals surface area contributed by atoms with Gasteiger partial charge in [-0.3, -0.25) is 9.59 Å². The molecule has 152 valence electrons. The average Bonchev–Trinajstić information content (AvgIpc) is 2.75. The van der Waals surface area contributed by atoms with Crippen LogP contribution in [0.5, 0.6) is 0 Å². The van der Waals surface area contributed by atoms with Crippen LogP contribution < -0.4 is 16.0 Å². The number of carbonyl (C=O) groups excluding carboxylic acids is 2. The first-order chi connectivity index (χ1) is 14.6. The highest BCUT2D eigenvalue weighted by Gasteiger charge is 2.07. The molecule has 0 aliphatic carbocycles. The number of hydrogen-bond acceptors (Lipinski definition) is 3. The van der Waals surface area contributed by atoms with Gasteiger partial charge < -0.3 is 16.0 Å². The van der Waals surface area contributed by atoms with Crippen LogP contribution in [0.15, 0.2) is 84.9 Å². The van der Waals surface area contributed by atoms with Crippen LogP contribution in [0.4, 0.5) is 11.4 Å². The van der Waals surface area contributed by atoms with Gasteiger partial charge in [0.2, 0.25) is 11.8 Å². The Bertz CT molecular complexity index is 990. The summed E-state index contributed by atoms with van der Waals surface area (Å²) in [7, 11) is 0. The van der Waals surface area contributed by atoms with Gasteiger partial charge in [0.05, 0.1) is 6.42 Å². The highest BCUT2D eigenvalue weighted by molar-refractivity contribution is 7.80. The van der Waals surface area contributed by atoms with Gasteiger partial charge in [0, 0.05) is 17.8 Å². The van der Waals surface area contributed by atoms with Crippen LogP contribution in [0.25, 0.3) is 0 Å². The second-order valence-corrected chi connectivity index (χ2v) is 7.18. The molecule has 0 saturated heterocycles. The number of rotatable bonds is 7. The Kier molecular flexibility index (Phi) is 7.69. The summed E-state index contributed by atoms with van der Waals surface area (Å²) in [5.41, 5.74) is 3.49. The summed E-state index contributed by atoms with van der Waals surface area (Å²) in [4.78, 5) is 24.2. The first kappa shape index (κ1) is 21.2. The van der Waals surface area contributed by atoms with Crippen molar-refractivity contribution in [2.45, 2.75) is 19.3 Å². The molecule has 3 rings (SSSR count). The third-order valence-electron chi connectivity index (χ3n) is 4.37. The molecule has 0 atom stereocenters. The predicted molar refractivity (Wildman–Crippen MR) is 124 cm³/mol. The van der Waals surface area contributed by atoms with Gasteiger partial charge in [0.25, 0.3) is 0 Å². The zero-order valence-electron chi connectivity index (χ0n) is 16.4. The van der Waals surface area contributed by atoms with Gasteiger partial charge in [0.1, 0.15) is 0 Å². The summed E-state index contributed by atoms with van der Waals surface area (Å²) in [6, 6.07) is 26.5. The van der Waals surface area contributed by atoms with Crippen LogP contribution >= 0.6 is 12.2 Å². The van der Waals surface area contributed by atoms with Crippen molar-refractivity contribution < 1.29 is 9.59 Å². The van der Waals surface area contributed by atoms with Crippen molar-refractivity contribution in [2.24, 2.45) is 0 Å². The number of carbonyl (C=O) groups is 2. The molecule has 2 amide bonds. The molecule has 0 radical (unpaired) electrons. The predicted octanol–water partition coefficient (Wildman–Crippen LogP) is 4.31. The van der Waals surface area contributed by atoms with Crippen LogP contribution in [0.2, 0.25) is 0 Å². The highest BCUT2D eigenvalue weighted by Crippen LogP contribution is 2.14. The maximum atomic E-state index is 12.1. The summed E-state index contributed by atoms with van der Waals surface area (Å²) in [5, 5.41) is 8.76. The van der Waals surface area contributed by atoms with E-state index in [1.54, 1.807) is 24.3 Å². The SMILES string of the molecule is O=C(Cc1ccccc1)NC(=S)Nc1ccc(NC(=O)CCc2ccccc2)cc1. The Labute approximate surface area is 181 Å². The van der Waals surface area contributed by atoms with Gasteiger partial charge in [-0.25, -0.2) is 0 Å². The van der Waals surface area contributed by atoms with E-state index in [4.69, 9.17) is 12.2 Å². The van der Waals surface area contributed by atoms with Gasteiger partial charge in [0.15, 0.2) is 5.11 Å². The van der Waals surface area contributed by atoms with E-state index in [0.29, 0.717) is 18.5 Å². The summed E-state index contributed by atoms with van der Waals surface area (Å²) in [6.45, 7) is 0. The molecular formula is C24H23N3O2S. The molecule has 0 aliphatic rings. The van der Waals surface area contributed by atoms with Gasteiger partial charge in [-0.2, -0.15) is 0 Å². The summed E-state index contributed by atoms with van der Waals surface area (Å²) < 4.78 is 0. The Morgan fingerprint density at radius 3 is 1.80 bits per heavy atom. The lowest BCUT2D eigenvalue weighted by Gasteiger charge is -2.11. The summed E-state index contributed by atoms with van der Waals surface area (Å²) in [6.07, 6.45) is 1.38. The van der Waals surface area contributed by atoms with E-state index in [1.807, 2.05) is 60.7 Å². The molecule has 0 bridgehead atoms. The molecule has 5 nitrogen and oxygen atoms in total. The van der Waals surface area contributed by atoms with Crippen molar-refractivity contribution in [3.05, 3.63) is 96.1 Å². The van der Waals surface area contributed by atoms with Gasteiger partial charge in [-0.15, -0.1) is 0 Å². The minimum atomic E-state index is -0.180. The van der Waals surface area contributed by atoms with E-state index < -0.39 is 0 Å². The largest absolute Gasteiger partial charge is 0.332 e. The molecule has 6 heteroatoms. The van der Waals surface area contributed by atoms with Crippen LogP contribution in [-0.2, 0) is 22.4 Å². The molecule has 3 N–H and O–H groups in total. The van der Waals surface area contributed by atoms with E-state index in [1.165, 1.54) is 0 Å². The van der Waals surface area contributed by atoms with Gasteiger partial charge >= 0.3 is 0 Å².